The van der Waals surface area contributed by atoms with E-state index in [4.69, 9.17) is 5.11 Å². The Morgan fingerprint density at radius 3 is 2.61 bits per heavy atom. The van der Waals surface area contributed by atoms with Gasteiger partial charge in [0.25, 0.3) is 0 Å². The summed E-state index contributed by atoms with van der Waals surface area (Å²) >= 11 is 0. The molecule has 4 rings (SSSR count). The third-order valence-corrected chi connectivity index (χ3v) is 6.48. The normalized spacial score (nSPS) is 17.5. The van der Waals surface area contributed by atoms with Crippen LogP contribution in [0.5, 0.6) is 0 Å². The van der Waals surface area contributed by atoms with Crippen molar-refractivity contribution in [3.63, 3.8) is 0 Å². The minimum atomic E-state index is -0.0527. The number of hydrogen-bond acceptors (Lipinski definition) is 7. The molecule has 7 heteroatoms. The van der Waals surface area contributed by atoms with Gasteiger partial charge >= 0.3 is 0 Å². The maximum atomic E-state index is 12.2. The van der Waals surface area contributed by atoms with Crippen LogP contribution < -0.4 is 4.90 Å². The molecule has 174 valence electrons. The molecule has 1 saturated heterocycles. The van der Waals surface area contributed by atoms with Gasteiger partial charge in [0.15, 0.2) is 11.6 Å². The highest BCUT2D eigenvalue weighted by atomic mass is 16.3. The predicted octanol–water partition coefficient (Wildman–Crippen LogP) is 2.92. The molecule has 1 aliphatic carbocycles. The Balaban J connectivity index is 1.32. The molecule has 2 aromatic heterocycles. The molecule has 1 atom stereocenters. The van der Waals surface area contributed by atoms with Crippen LogP contribution in [0.15, 0.2) is 36.2 Å². The van der Waals surface area contributed by atoms with Crippen LogP contribution >= 0.6 is 0 Å². The first-order chi connectivity index (χ1) is 16.0. The van der Waals surface area contributed by atoms with Gasteiger partial charge in [-0.1, -0.05) is 19.9 Å². The molecule has 2 aliphatic rings. The molecule has 7 nitrogen and oxygen atoms in total. The van der Waals surface area contributed by atoms with E-state index in [1.165, 1.54) is 0 Å². The Bertz CT molecular complexity index is 1040. The number of hydrogen-bond donors (Lipinski definition) is 1. The summed E-state index contributed by atoms with van der Waals surface area (Å²) in [7, 11) is 0. The van der Waals surface area contributed by atoms with Crippen molar-refractivity contribution in [1.82, 2.24) is 14.9 Å². The molecule has 0 aromatic carbocycles. The zero-order valence-electron chi connectivity index (χ0n) is 19.5. The van der Waals surface area contributed by atoms with Crippen LogP contribution in [0, 0.1) is 5.92 Å². The monoisotopic (exact) mass is 448 g/mol. The Morgan fingerprint density at radius 2 is 1.94 bits per heavy atom. The number of nitrogens with zero attached hydrogens (tertiary/aromatic N) is 4. The summed E-state index contributed by atoms with van der Waals surface area (Å²) in [5, 5.41) is 9.14. The maximum Gasteiger partial charge on any atom is 0.181 e. The van der Waals surface area contributed by atoms with Gasteiger partial charge in [-0.25, -0.2) is 0 Å². The second-order valence-corrected chi connectivity index (χ2v) is 9.09. The first kappa shape index (κ1) is 23.3. The molecule has 0 unspecified atom stereocenters. The summed E-state index contributed by atoms with van der Waals surface area (Å²) in [6.45, 7) is 8.30. The number of ketones is 2. The van der Waals surface area contributed by atoms with Crippen LogP contribution in [0.2, 0.25) is 0 Å². The van der Waals surface area contributed by atoms with Crippen LogP contribution in [-0.2, 0) is 17.8 Å². The molecule has 33 heavy (non-hydrogen) atoms. The number of pyridine rings is 2. The van der Waals surface area contributed by atoms with E-state index >= 15 is 0 Å². The Kier molecular flexibility index (Phi) is 7.30. The van der Waals surface area contributed by atoms with Crippen molar-refractivity contribution in [2.75, 3.05) is 37.7 Å². The fraction of sp³-hybridized carbons (Fsp3) is 0.462. The third-order valence-electron chi connectivity index (χ3n) is 6.48. The van der Waals surface area contributed by atoms with E-state index in [9.17, 15) is 9.59 Å². The lowest BCUT2D eigenvalue weighted by Gasteiger charge is -2.36. The number of aromatic nitrogens is 2. The molecule has 2 aromatic rings. The van der Waals surface area contributed by atoms with Crippen LogP contribution in [0.1, 0.15) is 54.0 Å². The second-order valence-electron chi connectivity index (χ2n) is 9.09. The summed E-state index contributed by atoms with van der Waals surface area (Å²) in [6, 6.07) is 5.88. The van der Waals surface area contributed by atoms with E-state index < -0.39 is 0 Å². The number of aliphatic hydroxyl groups is 1. The highest BCUT2D eigenvalue weighted by Gasteiger charge is 2.21. The van der Waals surface area contributed by atoms with E-state index in [2.05, 4.69) is 25.8 Å². The fourth-order valence-electron chi connectivity index (χ4n) is 4.41. The van der Waals surface area contributed by atoms with Crippen molar-refractivity contribution in [2.24, 2.45) is 5.92 Å². The van der Waals surface area contributed by atoms with Crippen molar-refractivity contribution in [3.05, 3.63) is 58.7 Å². The standard InChI is InChI=1S/C26H32N4O3/c1-3-20-12-24-21(13-25(20)32)11-19(14-27-24)16-29-6-8-30(9-7-29)22-4-5-23(28-15-22)26(33)10-18(2)17-31/h4-5,11-12,14-15,18,31H,3,6-10,13,16-17H2,1-2H3/t18-/m0/s1. The van der Waals surface area contributed by atoms with Gasteiger partial charge in [-0.15, -0.1) is 0 Å². The van der Waals surface area contributed by atoms with E-state index in [0.717, 1.165) is 67.2 Å². The first-order valence-corrected chi connectivity index (χ1v) is 11.8. The van der Waals surface area contributed by atoms with E-state index in [1.807, 2.05) is 32.2 Å². The van der Waals surface area contributed by atoms with Crippen molar-refractivity contribution in [1.29, 1.82) is 0 Å². The Labute approximate surface area is 195 Å². The van der Waals surface area contributed by atoms with Gasteiger partial charge in [0.05, 0.1) is 17.6 Å². The zero-order valence-corrected chi connectivity index (χ0v) is 19.5. The van der Waals surface area contributed by atoms with Crippen molar-refractivity contribution in [3.8, 4) is 0 Å². The lowest BCUT2D eigenvalue weighted by atomic mass is 9.92. The summed E-state index contributed by atoms with van der Waals surface area (Å²) < 4.78 is 0. The van der Waals surface area contributed by atoms with Crippen molar-refractivity contribution >= 4 is 23.3 Å². The molecule has 0 radical (unpaired) electrons. The molecule has 0 saturated carbocycles. The van der Waals surface area contributed by atoms with Crippen molar-refractivity contribution in [2.45, 2.75) is 39.7 Å². The number of carbonyl (C=O) groups is 2. The predicted molar refractivity (Wildman–Crippen MR) is 128 cm³/mol. The highest BCUT2D eigenvalue weighted by Crippen LogP contribution is 2.24. The number of Topliss-reactive ketones (excluding diaryl/α,β-unsaturated/α-hetero) is 2. The Hall–Kier alpha value is -2.90. The minimum Gasteiger partial charge on any atom is -0.396 e. The lowest BCUT2D eigenvalue weighted by Crippen LogP contribution is -2.46. The lowest BCUT2D eigenvalue weighted by molar-refractivity contribution is -0.115. The van der Waals surface area contributed by atoms with Gasteiger partial charge in [0.1, 0.15) is 5.69 Å². The summed E-state index contributed by atoms with van der Waals surface area (Å²) in [6.07, 6.45) is 7.15. The van der Waals surface area contributed by atoms with Crippen molar-refractivity contribution < 1.29 is 14.7 Å². The van der Waals surface area contributed by atoms with Crippen LogP contribution in [0.4, 0.5) is 5.69 Å². The van der Waals surface area contributed by atoms with Gasteiger partial charge in [-0.05, 0) is 47.2 Å². The van der Waals surface area contributed by atoms with Gasteiger partial charge in [0, 0.05) is 58.4 Å². The zero-order chi connectivity index (χ0) is 23.4. The molecular formula is C26H32N4O3. The number of piperazine rings is 1. The molecule has 1 N–H and O–H groups in total. The summed E-state index contributed by atoms with van der Waals surface area (Å²) in [5.41, 5.74) is 5.45. The van der Waals surface area contributed by atoms with Gasteiger partial charge in [-0.3, -0.25) is 24.5 Å². The number of fused-ring (bicyclic) bond motifs is 1. The number of aliphatic hydroxyl groups excluding tert-OH is 1. The van der Waals surface area contributed by atoms with E-state index in [-0.39, 0.29) is 24.1 Å². The van der Waals surface area contributed by atoms with Crippen LogP contribution in [0.3, 0.4) is 0 Å². The number of carbonyl (C=O) groups excluding carboxylic acids is 2. The molecule has 0 bridgehead atoms. The molecular weight excluding hydrogens is 416 g/mol. The number of rotatable bonds is 8. The fourth-order valence-corrected chi connectivity index (χ4v) is 4.41. The van der Waals surface area contributed by atoms with Crippen LogP contribution in [0.25, 0.3) is 6.08 Å². The highest BCUT2D eigenvalue weighted by molar-refractivity contribution is 6.03. The molecule has 0 amide bonds. The molecule has 1 fully saturated rings. The summed E-state index contributed by atoms with van der Waals surface area (Å²) in [5.74, 6) is 0.125. The average molecular weight is 449 g/mol. The van der Waals surface area contributed by atoms with Gasteiger partial charge in [0.2, 0.25) is 0 Å². The smallest absolute Gasteiger partial charge is 0.181 e. The largest absolute Gasteiger partial charge is 0.396 e. The maximum absolute atomic E-state index is 12.2. The molecule has 3 heterocycles. The molecule has 0 spiro atoms. The SMILES string of the molecule is CCC1=Cc2ncc(CN3CCN(c4ccc(C(=O)C[C@H](C)CO)nc4)CC3)cc2CC1=O. The number of anilines is 1. The third kappa shape index (κ3) is 5.54. The van der Waals surface area contributed by atoms with Gasteiger partial charge in [-0.2, -0.15) is 0 Å². The topological polar surface area (TPSA) is 86.6 Å². The van der Waals surface area contributed by atoms with E-state index in [1.54, 1.807) is 12.3 Å². The number of allylic oxidation sites excluding steroid dienone is 1. The van der Waals surface area contributed by atoms with Gasteiger partial charge < -0.3 is 10.0 Å². The molecule has 1 aliphatic heterocycles. The second kappa shape index (κ2) is 10.4. The summed E-state index contributed by atoms with van der Waals surface area (Å²) in [4.78, 5) is 38.1. The quantitative estimate of drug-likeness (QED) is 0.622. The van der Waals surface area contributed by atoms with Crippen LogP contribution in [-0.4, -0.2) is 64.3 Å². The average Bonchev–Trinajstić information content (AvgIpc) is 2.84. The first-order valence-electron chi connectivity index (χ1n) is 11.8. The minimum absolute atomic E-state index is 0.00454. The van der Waals surface area contributed by atoms with E-state index in [0.29, 0.717) is 18.5 Å². The Morgan fingerprint density at radius 1 is 1.15 bits per heavy atom.